The number of benzene rings is 2. The molecule has 0 aliphatic heterocycles. The first-order valence-electron chi connectivity index (χ1n) is 7.78. The number of nitrogens with one attached hydrogen (secondary N) is 1. The Morgan fingerprint density at radius 2 is 1.88 bits per heavy atom. The molecule has 0 saturated carbocycles. The number of ether oxygens (including phenoxy) is 2. The zero-order valence-electron chi connectivity index (χ0n) is 14.0. The van der Waals surface area contributed by atoms with Crippen molar-refractivity contribution in [2.24, 2.45) is 0 Å². The van der Waals surface area contributed by atoms with Crippen LogP contribution in [0.2, 0.25) is 5.02 Å². The van der Waals surface area contributed by atoms with Crippen molar-refractivity contribution in [1.82, 2.24) is 9.78 Å². The lowest BCUT2D eigenvalue weighted by molar-refractivity contribution is -0.132. The Kier molecular flexibility index (Phi) is 5.34. The second kappa shape index (κ2) is 7.84. The molecule has 0 radical (unpaired) electrons. The van der Waals surface area contributed by atoms with Crippen molar-refractivity contribution < 1.29 is 14.3 Å². The number of esters is 1. The highest BCUT2D eigenvalue weighted by Gasteiger charge is 2.16. The number of methoxy groups -OCH3 is 1. The Hall–Kier alpha value is -3.12. The van der Waals surface area contributed by atoms with Crippen molar-refractivity contribution in [3.8, 4) is 11.6 Å². The first-order valence-corrected chi connectivity index (χ1v) is 8.16. The predicted octanol–water partition coefficient (Wildman–Crippen LogP) is 3.65. The quantitative estimate of drug-likeness (QED) is 0.531. The average Bonchev–Trinajstić information content (AvgIpc) is 3.15. The van der Waals surface area contributed by atoms with Gasteiger partial charge in [0.25, 0.3) is 0 Å². The van der Waals surface area contributed by atoms with Gasteiger partial charge in [-0.2, -0.15) is 0 Å². The number of carbonyl (C=O) groups excluding carboxylic acids is 1. The summed E-state index contributed by atoms with van der Waals surface area (Å²) in [7, 11) is 1.25. The van der Waals surface area contributed by atoms with Crippen molar-refractivity contribution in [2.75, 3.05) is 7.11 Å². The predicted molar refractivity (Wildman–Crippen MR) is 98.2 cm³/mol. The molecule has 0 aliphatic rings. The van der Waals surface area contributed by atoms with Crippen molar-refractivity contribution in [2.45, 2.75) is 6.61 Å². The van der Waals surface area contributed by atoms with Gasteiger partial charge in [0.05, 0.1) is 12.8 Å². The maximum Gasteiger partial charge on any atom is 0.356 e. The molecule has 0 spiro atoms. The molecule has 0 amide bonds. The van der Waals surface area contributed by atoms with Crippen LogP contribution in [0.25, 0.3) is 5.69 Å². The number of hydrogen-bond donors (Lipinski definition) is 1. The van der Waals surface area contributed by atoms with E-state index in [4.69, 9.17) is 21.7 Å². The van der Waals surface area contributed by atoms with Gasteiger partial charge < -0.3 is 9.47 Å². The van der Waals surface area contributed by atoms with Gasteiger partial charge in [-0.1, -0.05) is 35.9 Å². The third-order valence-corrected chi connectivity index (χ3v) is 3.96. The van der Waals surface area contributed by atoms with E-state index in [2.05, 4.69) is 9.84 Å². The Balaban J connectivity index is 1.73. The van der Waals surface area contributed by atoms with Gasteiger partial charge in [0.15, 0.2) is 0 Å². The van der Waals surface area contributed by atoms with E-state index in [-0.39, 0.29) is 12.3 Å². The van der Waals surface area contributed by atoms with Crippen LogP contribution in [0.4, 0.5) is 0 Å². The van der Waals surface area contributed by atoms with Crippen LogP contribution in [-0.4, -0.2) is 28.6 Å². The maximum atomic E-state index is 11.6. The van der Waals surface area contributed by atoms with Gasteiger partial charge in [-0.15, -0.1) is 5.10 Å². The standard InChI is InChI=1S/C19H16ClN3O3/c1-25-19(24)18(21)16-5-3-2-4-13(16)12-26-17-10-11-23(22-17)15-8-6-14(20)7-9-15/h2-11,21H,12H2,1H3. The van der Waals surface area contributed by atoms with Crippen LogP contribution < -0.4 is 4.74 Å². The van der Waals surface area contributed by atoms with E-state index in [1.165, 1.54) is 7.11 Å². The summed E-state index contributed by atoms with van der Waals surface area (Å²) < 4.78 is 12.0. The molecule has 6 nitrogen and oxygen atoms in total. The minimum Gasteiger partial charge on any atom is -0.472 e. The highest BCUT2D eigenvalue weighted by molar-refractivity contribution is 6.42. The summed E-state index contributed by atoms with van der Waals surface area (Å²) >= 11 is 5.89. The Morgan fingerprint density at radius 1 is 1.15 bits per heavy atom. The molecule has 1 heterocycles. The lowest BCUT2D eigenvalue weighted by Crippen LogP contribution is -2.18. The molecule has 26 heavy (non-hydrogen) atoms. The SMILES string of the molecule is COC(=O)C(=N)c1ccccc1COc1ccn(-c2ccc(Cl)cc2)n1. The number of hydrogen-bond acceptors (Lipinski definition) is 5. The second-order valence-electron chi connectivity index (χ2n) is 5.39. The summed E-state index contributed by atoms with van der Waals surface area (Å²) in [6.07, 6.45) is 1.78. The fraction of sp³-hybridized carbons (Fsp3) is 0.105. The average molecular weight is 370 g/mol. The first kappa shape index (κ1) is 17.7. The number of nitrogens with zero attached hydrogens (tertiary/aromatic N) is 2. The summed E-state index contributed by atoms with van der Waals surface area (Å²) in [5.41, 5.74) is 1.82. The highest BCUT2D eigenvalue weighted by atomic mass is 35.5. The molecule has 0 fully saturated rings. The van der Waals surface area contributed by atoms with Gasteiger partial charge in [-0.25, -0.2) is 9.48 Å². The van der Waals surface area contributed by atoms with Crippen LogP contribution in [-0.2, 0) is 16.1 Å². The molecule has 3 rings (SSSR count). The van der Waals surface area contributed by atoms with Gasteiger partial charge in [0.2, 0.25) is 5.88 Å². The van der Waals surface area contributed by atoms with Crippen molar-refractivity contribution in [1.29, 1.82) is 5.41 Å². The molecular formula is C19H16ClN3O3. The van der Waals surface area contributed by atoms with E-state index in [1.807, 2.05) is 18.2 Å². The van der Waals surface area contributed by atoms with Gasteiger partial charge in [-0.3, -0.25) is 5.41 Å². The van der Waals surface area contributed by atoms with Gasteiger partial charge >= 0.3 is 5.97 Å². The Morgan fingerprint density at radius 3 is 2.62 bits per heavy atom. The number of carbonyl (C=O) groups is 1. The normalized spacial score (nSPS) is 10.4. The smallest absolute Gasteiger partial charge is 0.356 e. The molecule has 2 aromatic carbocycles. The van der Waals surface area contributed by atoms with Crippen LogP contribution >= 0.6 is 11.6 Å². The molecule has 3 aromatic rings. The molecule has 1 aromatic heterocycles. The van der Waals surface area contributed by atoms with E-state index < -0.39 is 5.97 Å². The minimum atomic E-state index is -0.690. The third kappa shape index (κ3) is 3.92. The number of halogens is 1. The molecule has 132 valence electrons. The Bertz CT molecular complexity index is 935. The number of aromatic nitrogens is 2. The van der Waals surface area contributed by atoms with Gasteiger partial charge in [0.1, 0.15) is 12.3 Å². The third-order valence-electron chi connectivity index (χ3n) is 3.71. The van der Waals surface area contributed by atoms with Crippen LogP contribution in [0, 0.1) is 5.41 Å². The molecule has 0 unspecified atom stereocenters. The van der Waals surface area contributed by atoms with Crippen molar-refractivity contribution in [3.63, 3.8) is 0 Å². The van der Waals surface area contributed by atoms with E-state index in [9.17, 15) is 4.79 Å². The Labute approximate surface area is 155 Å². The maximum absolute atomic E-state index is 11.6. The molecule has 1 N–H and O–H groups in total. The fourth-order valence-corrected chi connectivity index (χ4v) is 2.50. The summed E-state index contributed by atoms with van der Waals surface area (Å²) in [5.74, 6) is -0.260. The lowest BCUT2D eigenvalue weighted by Gasteiger charge is -2.09. The van der Waals surface area contributed by atoms with Gasteiger partial charge in [0, 0.05) is 22.8 Å². The van der Waals surface area contributed by atoms with Crippen molar-refractivity contribution >= 4 is 23.3 Å². The van der Waals surface area contributed by atoms with Crippen LogP contribution in [0.15, 0.2) is 60.8 Å². The highest BCUT2D eigenvalue weighted by Crippen LogP contribution is 2.17. The molecule has 7 heteroatoms. The molecular weight excluding hydrogens is 354 g/mol. The fourth-order valence-electron chi connectivity index (χ4n) is 2.38. The monoisotopic (exact) mass is 369 g/mol. The molecule has 0 aliphatic carbocycles. The van der Waals surface area contributed by atoms with E-state index in [0.29, 0.717) is 22.0 Å². The summed E-state index contributed by atoms with van der Waals surface area (Å²) in [6, 6.07) is 16.1. The molecule has 0 saturated heterocycles. The summed E-state index contributed by atoms with van der Waals surface area (Å²) in [5, 5.41) is 12.9. The molecule has 0 atom stereocenters. The lowest BCUT2D eigenvalue weighted by atomic mass is 10.0. The van der Waals surface area contributed by atoms with E-state index in [0.717, 1.165) is 5.69 Å². The first-order chi connectivity index (χ1) is 12.6. The second-order valence-corrected chi connectivity index (χ2v) is 5.82. The van der Waals surface area contributed by atoms with Crippen LogP contribution in [0.5, 0.6) is 5.88 Å². The van der Waals surface area contributed by atoms with Crippen LogP contribution in [0.1, 0.15) is 11.1 Å². The summed E-state index contributed by atoms with van der Waals surface area (Å²) in [4.78, 5) is 11.6. The minimum absolute atomic E-state index is 0.174. The largest absolute Gasteiger partial charge is 0.472 e. The summed E-state index contributed by atoms with van der Waals surface area (Å²) in [6.45, 7) is 0.174. The van der Waals surface area contributed by atoms with Gasteiger partial charge in [-0.05, 0) is 29.8 Å². The van der Waals surface area contributed by atoms with Crippen LogP contribution in [0.3, 0.4) is 0 Å². The van der Waals surface area contributed by atoms with Crippen molar-refractivity contribution in [3.05, 3.63) is 76.9 Å². The van der Waals surface area contributed by atoms with E-state index >= 15 is 0 Å². The van der Waals surface area contributed by atoms with E-state index in [1.54, 1.807) is 47.3 Å². The number of rotatable bonds is 6. The zero-order valence-corrected chi connectivity index (χ0v) is 14.7. The topological polar surface area (TPSA) is 77.2 Å². The zero-order chi connectivity index (χ0) is 18.5. The molecule has 0 bridgehead atoms.